The molecule has 1 saturated heterocycles. The molecule has 1 saturated carbocycles. The second-order valence-electron chi connectivity index (χ2n) is 5.06. The summed E-state index contributed by atoms with van der Waals surface area (Å²) in [4.78, 5) is 2.00. The molecule has 0 amide bonds. The van der Waals surface area contributed by atoms with Gasteiger partial charge in [0.05, 0.1) is 11.9 Å². The number of rotatable bonds is 5. The fraction of sp³-hybridized carbons (Fsp3) is 1.00. The van der Waals surface area contributed by atoms with Crippen LogP contribution in [0.2, 0.25) is 0 Å². The molecule has 2 fully saturated rings. The fourth-order valence-corrected chi connectivity index (χ4v) is 3.68. The Morgan fingerprint density at radius 3 is 2.62 bits per heavy atom. The van der Waals surface area contributed by atoms with Gasteiger partial charge in [0.1, 0.15) is 0 Å². The summed E-state index contributed by atoms with van der Waals surface area (Å²) in [5, 5.41) is 9.44. The van der Waals surface area contributed by atoms with Crippen molar-refractivity contribution in [1.82, 2.24) is 9.62 Å². The van der Waals surface area contributed by atoms with Crippen LogP contribution in [0.1, 0.15) is 19.3 Å². The van der Waals surface area contributed by atoms with Crippen LogP contribution in [-0.2, 0) is 10.0 Å². The Bertz CT molecular complexity index is 340. The number of hydrogen-bond acceptors (Lipinski definition) is 4. The maximum Gasteiger partial charge on any atom is 0.211 e. The molecule has 0 aromatic heterocycles. The minimum absolute atomic E-state index is 0.129. The summed E-state index contributed by atoms with van der Waals surface area (Å²) in [7, 11) is -1.19. The van der Waals surface area contributed by atoms with Gasteiger partial charge < -0.3 is 5.11 Å². The number of aliphatic hydroxyl groups is 1. The van der Waals surface area contributed by atoms with E-state index < -0.39 is 10.0 Å². The standard InChI is InChI=1S/C10H20N2O3S/c1-12-6-10(13)4-9(12)5-11-16(14,15)7-8-2-3-8/h8-11,13H,2-7H2,1H3/t9-,10+/m0/s1. The Morgan fingerprint density at radius 1 is 1.44 bits per heavy atom. The molecule has 0 radical (unpaired) electrons. The molecule has 0 aromatic carbocycles. The first-order valence-electron chi connectivity index (χ1n) is 5.82. The summed E-state index contributed by atoms with van der Waals surface area (Å²) in [5.41, 5.74) is 0. The van der Waals surface area contributed by atoms with E-state index in [-0.39, 0.29) is 17.9 Å². The van der Waals surface area contributed by atoms with Gasteiger partial charge in [-0.25, -0.2) is 13.1 Å². The van der Waals surface area contributed by atoms with E-state index >= 15 is 0 Å². The Labute approximate surface area is 96.9 Å². The molecule has 2 aliphatic rings. The van der Waals surface area contributed by atoms with Crippen molar-refractivity contribution in [2.45, 2.75) is 31.4 Å². The average Bonchev–Trinajstić information content (AvgIpc) is 2.88. The third-order valence-corrected chi connectivity index (χ3v) is 4.87. The van der Waals surface area contributed by atoms with Gasteiger partial charge in [0.25, 0.3) is 0 Å². The summed E-state index contributed by atoms with van der Waals surface area (Å²) >= 11 is 0. The van der Waals surface area contributed by atoms with Gasteiger partial charge in [-0.05, 0) is 32.2 Å². The molecule has 0 unspecified atom stereocenters. The van der Waals surface area contributed by atoms with Crippen LogP contribution in [0.15, 0.2) is 0 Å². The maximum atomic E-state index is 11.6. The summed E-state index contributed by atoms with van der Waals surface area (Å²) in [6, 6.07) is 0.129. The highest BCUT2D eigenvalue weighted by atomic mass is 32.2. The fourth-order valence-electron chi connectivity index (χ4n) is 2.17. The second kappa shape index (κ2) is 4.60. The molecule has 2 atom stereocenters. The molecular weight excluding hydrogens is 228 g/mol. The van der Waals surface area contributed by atoms with Crippen molar-refractivity contribution in [1.29, 1.82) is 0 Å². The molecule has 1 aliphatic heterocycles. The number of sulfonamides is 1. The van der Waals surface area contributed by atoms with E-state index in [4.69, 9.17) is 0 Å². The van der Waals surface area contributed by atoms with Crippen molar-refractivity contribution in [3.8, 4) is 0 Å². The molecule has 1 aliphatic carbocycles. The number of likely N-dealkylation sites (N-methyl/N-ethyl adjacent to an activating group) is 1. The molecule has 0 bridgehead atoms. The first kappa shape index (κ1) is 12.3. The first-order chi connectivity index (χ1) is 7.46. The van der Waals surface area contributed by atoms with E-state index in [0.29, 0.717) is 25.4 Å². The van der Waals surface area contributed by atoms with Gasteiger partial charge in [0.2, 0.25) is 10.0 Å². The van der Waals surface area contributed by atoms with Crippen molar-refractivity contribution < 1.29 is 13.5 Å². The lowest BCUT2D eigenvalue weighted by molar-refractivity contribution is 0.182. The molecule has 2 rings (SSSR count). The average molecular weight is 248 g/mol. The van der Waals surface area contributed by atoms with E-state index in [9.17, 15) is 13.5 Å². The van der Waals surface area contributed by atoms with Crippen LogP contribution < -0.4 is 4.72 Å². The Balaban J connectivity index is 1.77. The van der Waals surface area contributed by atoms with Gasteiger partial charge in [-0.15, -0.1) is 0 Å². The normalized spacial score (nSPS) is 32.1. The quantitative estimate of drug-likeness (QED) is 0.680. The van der Waals surface area contributed by atoms with Crippen molar-refractivity contribution in [2.24, 2.45) is 5.92 Å². The Kier molecular flexibility index (Phi) is 3.53. The monoisotopic (exact) mass is 248 g/mol. The highest BCUT2D eigenvalue weighted by Crippen LogP contribution is 2.30. The van der Waals surface area contributed by atoms with Gasteiger partial charge in [-0.3, -0.25) is 4.90 Å². The third kappa shape index (κ3) is 3.41. The number of nitrogens with one attached hydrogen (secondary N) is 1. The van der Waals surface area contributed by atoms with Crippen molar-refractivity contribution in [3.05, 3.63) is 0 Å². The molecule has 0 spiro atoms. The van der Waals surface area contributed by atoms with E-state index in [2.05, 4.69) is 4.72 Å². The number of likely N-dealkylation sites (tertiary alicyclic amines) is 1. The first-order valence-corrected chi connectivity index (χ1v) is 7.47. The molecular formula is C10H20N2O3S. The van der Waals surface area contributed by atoms with Gasteiger partial charge in [0.15, 0.2) is 0 Å². The summed E-state index contributed by atoms with van der Waals surface area (Å²) in [5.74, 6) is 0.649. The van der Waals surface area contributed by atoms with E-state index in [0.717, 1.165) is 12.8 Å². The predicted octanol–water partition coefficient (Wildman–Crippen LogP) is -0.619. The summed E-state index contributed by atoms with van der Waals surface area (Å²) < 4.78 is 25.9. The van der Waals surface area contributed by atoms with Crippen LogP contribution in [-0.4, -0.2) is 56.5 Å². The SMILES string of the molecule is CN1C[C@H](O)C[C@H]1CNS(=O)(=O)CC1CC1. The minimum Gasteiger partial charge on any atom is -0.392 e. The lowest BCUT2D eigenvalue weighted by Crippen LogP contribution is -2.39. The van der Waals surface area contributed by atoms with Crippen LogP contribution in [0, 0.1) is 5.92 Å². The predicted molar refractivity (Wildman–Crippen MR) is 61.6 cm³/mol. The lowest BCUT2D eigenvalue weighted by Gasteiger charge is -2.19. The van der Waals surface area contributed by atoms with Crippen LogP contribution in [0.25, 0.3) is 0 Å². The molecule has 6 heteroatoms. The molecule has 16 heavy (non-hydrogen) atoms. The molecule has 94 valence electrons. The van der Waals surface area contributed by atoms with Crippen molar-refractivity contribution in [3.63, 3.8) is 0 Å². The van der Waals surface area contributed by atoms with Gasteiger partial charge >= 0.3 is 0 Å². The summed E-state index contributed by atoms with van der Waals surface area (Å²) in [6.45, 7) is 1.05. The number of β-amino-alcohol motifs (C(OH)–C–C–N with tert-alkyl or cyclic N) is 1. The zero-order chi connectivity index (χ0) is 11.8. The molecule has 0 aromatic rings. The third-order valence-electron chi connectivity index (χ3n) is 3.36. The topological polar surface area (TPSA) is 69.6 Å². The zero-order valence-electron chi connectivity index (χ0n) is 9.59. The number of nitrogens with zero attached hydrogens (tertiary/aromatic N) is 1. The van der Waals surface area contributed by atoms with Crippen LogP contribution in [0.5, 0.6) is 0 Å². The smallest absolute Gasteiger partial charge is 0.211 e. The summed E-state index contributed by atoms with van der Waals surface area (Å²) in [6.07, 6.45) is 2.43. The highest BCUT2D eigenvalue weighted by Gasteiger charge is 2.31. The van der Waals surface area contributed by atoms with Crippen LogP contribution >= 0.6 is 0 Å². The zero-order valence-corrected chi connectivity index (χ0v) is 10.4. The second-order valence-corrected chi connectivity index (χ2v) is 6.91. The lowest BCUT2D eigenvalue weighted by atomic mass is 10.2. The van der Waals surface area contributed by atoms with Gasteiger partial charge in [-0.1, -0.05) is 0 Å². The molecule has 1 heterocycles. The van der Waals surface area contributed by atoms with E-state index in [1.807, 2.05) is 11.9 Å². The number of hydrogen-bond donors (Lipinski definition) is 2. The largest absolute Gasteiger partial charge is 0.392 e. The molecule has 5 nitrogen and oxygen atoms in total. The van der Waals surface area contributed by atoms with E-state index in [1.54, 1.807) is 0 Å². The van der Waals surface area contributed by atoms with Crippen LogP contribution in [0.3, 0.4) is 0 Å². The molecule has 2 N–H and O–H groups in total. The Morgan fingerprint density at radius 2 is 2.12 bits per heavy atom. The Hall–Kier alpha value is -0.170. The maximum absolute atomic E-state index is 11.6. The number of aliphatic hydroxyl groups excluding tert-OH is 1. The van der Waals surface area contributed by atoms with E-state index in [1.165, 1.54) is 0 Å². The van der Waals surface area contributed by atoms with Crippen molar-refractivity contribution in [2.75, 3.05) is 25.9 Å². The highest BCUT2D eigenvalue weighted by molar-refractivity contribution is 7.89. The van der Waals surface area contributed by atoms with Crippen LogP contribution in [0.4, 0.5) is 0 Å². The van der Waals surface area contributed by atoms with Gasteiger partial charge in [-0.2, -0.15) is 0 Å². The minimum atomic E-state index is -3.11. The van der Waals surface area contributed by atoms with Crippen molar-refractivity contribution >= 4 is 10.0 Å². The van der Waals surface area contributed by atoms with Gasteiger partial charge in [0, 0.05) is 19.1 Å².